The van der Waals surface area contributed by atoms with Crippen molar-refractivity contribution in [2.24, 2.45) is 0 Å². The maximum atomic E-state index is 12.1. The van der Waals surface area contributed by atoms with Crippen LogP contribution in [0.2, 0.25) is 0 Å². The second-order valence-electron chi connectivity index (χ2n) is 2.47. The molecule has 0 spiro atoms. The summed E-state index contributed by atoms with van der Waals surface area (Å²) in [4.78, 5) is 7.02. The number of halogens is 3. The Morgan fingerprint density at radius 3 is 2.69 bits per heavy atom. The Labute approximate surface area is 70.9 Å². The first-order valence-corrected chi connectivity index (χ1v) is 3.43. The fraction of sp³-hybridized carbons (Fsp3) is 0.143. The van der Waals surface area contributed by atoms with Gasteiger partial charge in [-0.3, -0.25) is 4.98 Å². The summed E-state index contributed by atoms with van der Waals surface area (Å²) < 4.78 is 37.7. The molecule has 0 fully saturated rings. The normalized spacial score (nSPS) is 12.2. The molecule has 2 aromatic rings. The summed E-state index contributed by atoms with van der Waals surface area (Å²) in [5.74, 6) is 0. The van der Waals surface area contributed by atoms with E-state index < -0.39 is 11.9 Å². The quantitative estimate of drug-likeness (QED) is 0.628. The Morgan fingerprint density at radius 1 is 1.31 bits per heavy atom. The van der Waals surface area contributed by atoms with Gasteiger partial charge in [0, 0.05) is 18.6 Å². The van der Waals surface area contributed by atoms with E-state index in [9.17, 15) is 13.2 Å². The highest BCUT2D eigenvalue weighted by Crippen LogP contribution is 2.27. The van der Waals surface area contributed by atoms with Gasteiger partial charge in [0.1, 0.15) is 0 Å². The van der Waals surface area contributed by atoms with Gasteiger partial charge in [-0.15, -0.1) is 0 Å². The second-order valence-corrected chi connectivity index (χ2v) is 2.47. The first-order chi connectivity index (χ1) is 6.07. The van der Waals surface area contributed by atoms with Crippen LogP contribution in [0, 0.1) is 0 Å². The van der Waals surface area contributed by atoms with E-state index >= 15 is 0 Å². The van der Waals surface area contributed by atoms with E-state index in [0.717, 1.165) is 6.20 Å². The molecule has 0 aliphatic heterocycles. The zero-order valence-electron chi connectivity index (χ0n) is 6.28. The summed E-state index contributed by atoms with van der Waals surface area (Å²) in [5, 5.41) is 0. The van der Waals surface area contributed by atoms with Gasteiger partial charge in [-0.05, 0) is 0 Å². The van der Waals surface area contributed by atoms with Crippen molar-refractivity contribution in [2.75, 3.05) is 0 Å². The molecule has 2 heterocycles. The minimum atomic E-state index is -4.40. The first-order valence-electron chi connectivity index (χ1n) is 3.43. The van der Waals surface area contributed by atoms with Crippen molar-refractivity contribution >= 4 is 5.65 Å². The highest BCUT2D eigenvalue weighted by Gasteiger charge is 2.33. The summed E-state index contributed by atoms with van der Waals surface area (Å²) in [7, 11) is 0. The summed E-state index contributed by atoms with van der Waals surface area (Å²) in [6.07, 6.45) is 0.616. The Balaban J connectivity index is 2.63. The van der Waals surface area contributed by atoms with Crippen LogP contribution < -0.4 is 0 Å². The lowest BCUT2D eigenvalue weighted by Crippen LogP contribution is -2.04. The Bertz CT molecular complexity index is 399. The van der Waals surface area contributed by atoms with Crippen LogP contribution in [-0.4, -0.2) is 14.4 Å². The summed E-state index contributed by atoms with van der Waals surface area (Å²) in [6, 6.07) is 0. The number of rotatable bonds is 0. The third-order valence-corrected chi connectivity index (χ3v) is 1.55. The maximum Gasteiger partial charge on any atom is 0.434 e. The van der Waals surface area contributed by atoms with E-state index in [-0.39, 0.29) is 5.65 Å². The van der Waals surface area contributed by atoms with Crippen molar-refractivity contribution in [3.8, 4) is 0 Å². The number of fused-ring (bicyclic) bond motifs is 1. The molecule has 2 aromatic heterocycles. The molecule has 3 nitrogen and oxygen atoms in total. The third-order valence-electron chi connectivity index (χ3n) is 1.55. The van der Waals surface area contributed by atoms with E-state index in [2.05, 4.69) is 9.97 Å². The molecule has 6 heteroatoms. The predicted molar refractivity (Wildman–Crippen MR) is 38.0 cm³/mol. The number of hydrogen-bond acceptors (Lipinski definition) is 2. The van der Waals surface area contributed by atoms with Crippen LogP contribution in [-0.2, 0) is 6.18 Å². The van der Waals surface area contributed by atoms with Crippen molar-refractivity contribution in [3.63, 3.8) is 0 Å². The lowest BCUT2D eigenvalue weighted by Gasteiger charge is -1.98. The van der Waals surface area contributed by atoms with Gasteiger partial charge in [-0.25, -0.2) is 4.98 Å². The summed E-state index contributed by atoms with van der Waals surface area (Å²) in [5.41, 5.74) is -0.713. The molecule has 2 rings (SSSR count). The monoisotopic (exact) mass is 187 g/mol. The fourth-order valence-electron chi connectivity index (χ4n) is 0.979. The van der Waals surface area contributed by atoms with Gasteiger partial charge >= 0.3 is 6.18 Å². The van der Waals surface area contributed by atoms with Crippen LogP contribution in [0.5, 0.6) is 0 Å². The summed E-state index contributed by atoms with van der Waals surface area (Å²) >= 11 is 0. The van der Waals surface area contributed by atoms with E-state index in [1.807, 2.05) is 0 Å². The smallest absolute Gasteiger partial charge is 0.304 e. The zero-order valence-corrected chi connectivity index (χ0v) is 6.28. The van der Waals surface area contributed by atoms with Crippen molar-refractivity contribution in [3.05, 3.63) is 30.5 Å². The van der Waals surface area contributed by atoms with Crippen molar-refractivity contribution in [1.82, 2.24) is 14.4 Å². The van der Waals surface area contributed by atoms with E-state index in [1.54, 1.807) is 0 Å². The number of alkyl halides is 3. The van der Waals surface area contributed by atoms with Gasteiger partial charge in [-0.1, -0.05) is 0 Å². The molecule has 0 aliphatic carbocycles. The topological polar surface area (TPSA) is 30.2 Å². The van der Waals surface area contributed by atoms with Crippen molar-refractivity contribution < 1.29 is 13.2 Å². The van der Waals surface area contributed by atoms with Crippen molar-refractivity contribution in [1.29, 1.82) is 0 Å². The van der Waals surface area contributed by atoms with Crippen LogP contribution in [0.25, 0.3) is 5.65 Å². The molecule has 68 valence electrons. The standard InChI is InChI=1S/C7H4F3N3/c8-7(9,10)5-4-13-2-1-11-3-6(13)12-5/h1-4H. The highest BCUT2D eigenvalue weighted by atomic mass is 19.4. The molecule has 0 aromatic carbocycles. The molecule has 0 saturated carbocycles. The molecule has 0 aliphatic rings. The van der Waals surface area contributed by atoms with Crippen LogP contribution in [0.15, 0.2) is 24.8 Å². The average molecular weight is 187 g/mol. The minimum absolute atomic E-state index is 0.190. The molecule has 0 radical (unpaired) electrons. The number of imidazole rings is 1. The second kappa shape index (κ2) is 2.45. The lowest BCUT2D eigenvalue weighted by atomic mass is 10.5. The largest absolute Gasteiger partial charge is 0.434 e. The van der Waals surface area contributed by atoms with Gasteiger partial charge in [0.15, 0.2) is 11.3 Å². The third kappa shape index (κ3) is 1.34. The van der Waals surface area contributed by atoms with Crippen LogP contribution >= 0.6 is 0 Å². The number of hydrogen-bond donors (Lipinski definition) is 0. The van der Waals surface area contributed by atoms with E-state index in [4.69, 9.17) is 0 Å². The number of nitrogens with zero attached hydrogens (tertiary/aromatic N) is 3. The fourth-order valence-corrected chi connectivity index (χ4v) is 0.979. The minimum Gasteiger partial charge on any atom is -0.304 e. The Morgan fingerprint density at radius 2 is 2.08 bits per heavy atom. The average Bonchev–Trinajstić information content (AvgIpc) is 2.45. The van der Waals surface area contributed by atoms with Gasteiger partial charge in [0.25, 0.3) is 0 Å². The van der Waals surface area contributed by atoms with Crippen LogP contribution in [0.3, 0.4) is 0 Å². The van der Waals surface area contributed by atoms with Gasteiger partial charge in [0.05, 0.1) is 6.20 Å². The SMILES string of the molecule is FC(F)(F)c1cn2ccncc2n1. The molecule has 0 saturated heterocycles. The number of aromatic nitrogens is 3. The predicted octanol–water partition coefficient (Wildman–Crippen LogP) is 1.75. The summed E-state index contributed by atoms with van der Waals surface area (Å²) in [6.45, 7) is 0. The van der Waals surface area contributed by atoms with Crippen LogP contribution in [0.4, 0.5) is 13.2 Å². The van der Waals surface area contributed by atoms with E-state index in [1.165, 1.54) is 23.0 Å². The lowest BCUT2D eigenvalue weighted by molar-refractivity contribution is -0.140. The molecule has 0 unspecified atom stereocenters. The highest BCUT2D eigenvalue weighted by molar-refractivity contribution is 5.37. The molecule has 0 bridgehead atoms. The molecule has 13 heavy (non-hydrogen) atoms. The Hall–Kier alpha value is -1.59. The first kappa shape index (κ1) is 8.03. The van der Waals surface area contributed by atoms with Crippen LogP contribution in [0.1, 0.15) is 5.69 Å². The van der Waals surface area contributed by atoms with Crippen molar-refractivity contribution in [2.45, 2.75) is 6.18 Å². The Kier molecular flexibility index (Phi) is 1.51. The zero-order chi connectivity index (χ0) is 9.47. The molecule has 0 amide bonds. The molecule has 0 atom stereocenters. The molecule has 0 N–H and O–H groups in total. The van der Waals surface area contributed by atoms with Gasteiger partial charge in [0.2, 0.25) is 0 Å². The van der Waals surface area contributed by atoms with E-state index in [0.29, 0.717) is 0 Å². The molecular weight excluding hydrogens is 183 g/mol. The van der Waals surface area contributed by atoms with Gasteiger partial charge < -0.3 is 4.40 Å². The molecular formula is C7H4F3N3. The maximum absolute atomic E-state index is 12.1. The van der Waals surface area contributed by atoms with Gasteiger partial charge in [-0.2, -0.15) is 13.2 Å².